The lowest BCUT2D eigenvalue weighted by Gasteiger charge is -2.34. The minimum absolute atomic E-state index is 0.132. The third kappa shape index (κ3) is 7.68. The molecule has 0 heterocycles. The molecule has 8 nitrogen and oxygen atoms in total. The number of amides is 1. The number of aliphatic hydroxyl groups excluding tert-OH is 1. The van der Waals surface area contributed by atoms with E-state index in [1.54, 1.807) is 48.5 Å². The number of aliphatic hydroxyl groups is 1. The van der Waals surface area contributed by atoms with Crippen LogP contribution >= 0.6 is 0 Å². The SMILES string of the molecule is CCC(C)N(C(=O)c1ccc(/C(C=N)=C/N)cc1)C(O)c1ccccc1OCCCCCC(=O)O. The van der Waals surface area contributed by atoms with Crippen molar-refractivity contribution in [3.05, 3.63) is 71.4 Å². The molecule has 0 spiro atoms. The molecule has 2 atom stereocenters. The number of carbonyl (C=O) groups is 2. The Hall–Kier alpha value is -3.65. The van der Waals surface area contributed by atoms with E-state index in [9.17, 15) is 14.7 Å². The quantitative estimate of drug-likeness (QED) is 0.177. The van der Waals surface area contributed by atoms with Crippen LogP contribution in [0, 0.1) is 5.41 Å². The highest BCUT2D eigenvalue weighted by Gasteiger charge is 2.30. The van der Waals surface area contributed by atoms with Gasteiger partial charge in [0.15, 0.2) is 6.23 Å². The Balaban J connectivity index is 2.21. The maximum Gasteiger partial charge on any atom is 0.303 e. The molecular formula is C27H35N3O5. The number of para-hydroxylation sites is 1. The molecule has 1 amide bonds. The number of ether oxygens (including phenoxy) is 1. The van der Waals surface area contributed by atoms with Crippen molar-refractivity contribution < 1.29 is 24.5 Å². The smallest absolute Gasteiger partial charge is 0.303 e. The Bertz CT molecular complexity index is 1020. The van der Waals surface area contributed by atoms with Gasteiger partial charge < -0.3 is 31.0 Å². The highest BCUT2D eigenvalue weighted by molar-refractivity contribution is 6.08. The summed E-state index contributed by atoms with van der Waals surface area (Å²) in [4.78, 5) is 25.6. The molecule has 8 heteroatoms. The van der Waals surface area contributed by atoms with Crippen LogP contribution in [-0.2, 0) is 4.79 Å². The summed E-state index contributed by atoms with van der Waals surface area (Å²) in [5.41, 5.74) is 7.70. The summed E-state index contributed by atoms with van der Waals surface area (Å²) in [6.45, 7) is 4.21. The molecule has 0 aromatic heterocycles. The maximum atomic E-state index is 13.5. The van der Waals surface area contributed by atoms with E-state index in [2.05, 4.69) is 0 Å². The van der Waals surface area contributed by atoms with E-state index >= 15 is 0 Å². The molecule has 2 aromatic carbocycles. The first-order chi connectivity index (χ1) is 16.8. The normalized spacial score (nSPS) is 13.1. The topological polar surface area (TPSA) is 137 Å². The number of benzene rings is 2. The van der Waals surface area contributed by atoms with Gasteiger partial charge in [-0.15, -0.1) is 0 Å². The van der Waals surface area contributed by atoms with Crippen molar-refractivity contribution in [2.24, 2.45) is 5.73 Å². The van der Waals surface area contributed by atoms with Gasteiger partial charge in [0.1, 0.15) is 5.75 Å². The number of hydrogen-bond donors (Lipinski definition) is 4. The summed E-state index contributed by atoms with van der Waals surface area (Å²) in [5.74, 6) is -0.650. The van der Waals surface area contributed by atoms with Crippen LogP contribution in [0.1, 0.15) is 73.7 Å². The summed E-state index contributed by atoms with van der Waals surface area (Å²) in [6, 6.07) is 13.6. The summed E-state index contributed by atoms with van der Waals surface area (Å²) in [6.07, 6.45) is 4.03. The van der Waals surface area contributed by atoms with E-state index in [0.717, 1.165) is 18.2 Å². The second kappa shape index (κ2) is 13.9. The lowest BCUT2D eigenvalue weighted by atomic mass is 10.0. The molecule has 2 rings (SSSR count). The third-order valence-electron chi connectivity index (χ3n) is 5.85. The molecule has 2 unspecified atom stereocenters. The Morgan fingerprint density at radius 1 is 1.09 bits per heavy atom. The summed E-state index contributed by atoms with van der Waals surface area (Å²) < 4.78 is 5.90. The van der Waals surface area contributed by atoms with Gasteiger partial charge in [0.05, 0.1) is 6.61 Å². The number of nitrogens with two attached hydrogens (primary N) is 1. The van der Waals surface area contributed by atoms with Gasteiger partial charge in [-0.3, -0.25) is 9.59 Å². The molecule has 5 N–H and O–H groups in total. The van der Waals surface area contributed by atoms with E-state index < -0.39 is 12.2 Å². The number of hydrogen-bond acceptors (Lipinski definition) is 6. The molecule has 0 aliphatic heterocycles. The Morgan fingerprint density at radius 2 is 1.74 bits per heavy atom. The second-order valence-electron chi connectivity index (χ2n) is 8.28. The number of rotatable bonds is 14. The lowest BCUT2D eigenvalue weighted by Crippen LogP contribution is -2.41. The number of nitrogens with zero attached hydrogens (tertiary/aromatic N) is 1. The van der Waals surface area contributed by atoms with E-state index in [1.807, 2.05) is 13.8 Å². The summed E-state index contributed by atoms with van der Waals surface area (Å²) in [7, 11) is 0. The van der Waals surface area contributed by atoms with Crippen LogP contribution < -0.4 is 10.5 Å². The fourth-order valence-electron chi connectivity index (χ4n) is 3.64. The van der Waals surface area contributed by atoms with E-state index in [4.69, 9.17) is 21.0 Å². The largest absolute Gasteiger partial charge is 0.493 e. The number of aliphatic carboxylic acids is 1. The number of allylic oxidation sites excluding steroid dienone is 1. The van der Waals surface area contributed by atoms with Gasteiger partial charge in [-0.05, 0) is 56.4 Å². The average molecular weight is 482 g/mol. The molecule has 2 aromatic rings. The van der Waals surface area contributed by atoms with E-state index in [0.29, 0.717) is 48.3 Å². The predicted molar refractivity (Wildman–Crippen MR) is 136 cm³/mol. The van der Waals surface area contributed by atoms with Crippen molar-refractivity contribution >= 4 is 23.7 Å². The molecule has 188 valence electrons. The molecule has 0 saturated heterocycles. The van der Waals surface area contributed by atoms with Crippen LogP contribution in [0.4, 0.5) is 0 Å². The van der Waals surface area contributed by atoms with Crippen molar-refractivity contribution in [1.82, 2.24) is 4.90 Å². The zero-order valence-corrected chi connectivity index (χ0v) is 20.3. The minimum atomic E-state index is -1.22. The van der Waals surface area contributed by atoms with E-state index in [1.165, 1.54) is 11.1 Å². The van der Waals surface area contributed by atoms with Crippen LogP contribution in [0.3, 0.4) is 0 Å². The first kappa shape index (κ1) is 27.6. The van der Waals surface area contributed by atoms with E-state index in [-0.39, 0.29) is 18.4 Å². The van der Waals surface area contributed by atoms with Gasteiger partial charge in [-0.25, -0.2) is 0 Å². The fourth-order valence-corrected chi connectivity index (χ4v) is 3.64. The standard InChI is InChI=1S/C27H35N3O5/c1-3-19(2)30(26(33)21-14-12-20(13-15-21)22(17-28)18-29)27(34)23-9-6-7-10-24(23)35-16-8-4-5-11-25(31)32/h6-7,9-10,12-15,17-19,27-28,34H,3-5,8,11,16,29H2,1-2H3,(H,31,32)/b22-18+,28-17?. The molecule has 0 fully saturated rings. The molecule has 0 bridgehead atoms. The van der Waals surface area contributed by atoms with Crippen molar-refractivity contribution in [1.29, 1.82) is 5.41 Å². The van der Waals surface area contributed by atoms with Crippen LogP contribution in [-0.4, -0.2) is 45.9 Å². The fraction of sp³-hybridized carbons (Fsp3) is 0.370. The number of carbonyl (C=O) groups excluding carboxylic acids is 1. The molecule has 0 aliphatic carbocycles. The number of carboxylic acid groups (broad SMARTS) is 1. The molecule has 0 saturated carbocycles. The van der Waals surface area contributed by atoms with Gasteiger partial charge in [0, 0.05) is 41.6 Å². The molecule has 35 heavy (non-hydrogen) atoms. The zero-order valence-electron chi connectivity index (χ0n) is 20.3. The van der Waals surface area contributed by atoms with Gasteiger partial charge in [0.2, 0.25) is 0 Å². The van der Waals surface area contributed by atoms with Crippen molar-refractivity contribution in [2.75, 3.05) is 6.61 Å². The summed E-state index contributed by atoms with van der Waals surface area (Å²) in [5, 5.41) is 27.5. The minimum Gasteiger partial charge on any atom is -0.493 e. The Kier molecular flexibility index (Phi) is 11.0. The van der Waals surface area contributed by atoms with Crippen molar-refractivity contribution in [3.63, 3.8) is 0 Å². The third-order valence-corrected chi connectivity index (χ3v) is 5.85. The zero-order chi connectivity index (χ0) is 25.8. The molecular weight excluding hydrogens is 446 g/mol. The second-order valence-corrected chi connectivity index (χ2v) is 8.28. The number of carboxylic acids is 1. The highest BCUT2D eigenvalue weighted by Crippen LogP contribution is 2.31. The van der Waals surface area contributed by atoms with Crippen LogP contribution in [0.5, 0.6) is 5.75 Å². The van der Waals surface area contributed by atoms with Crippen LogP contribution in [0.2, 0.25) is 0 Å². The highest BCUT2D eigenvalue weighted by atomic mass is 16.5. The van der Waals surface area contributed by atoms with Crippen LogP contribution in [0.15, 0.2) is 54.7 Å². The molecule has 0 radical (unpaired) electrons. The van der Waals surface area contributed by atoms with Crippen molar-refractivity contribution in [3.8, 4) is 5.75 Å². The van der Waals surface area contributed by atoms with Gasteiger partial charge in [0.25, 0.3) is 5.91 Å². The number of nitrogens with one attached hydrogen (secondary N) is 1. The Labute approximate surface area is 206 Å². The molecule has 0 aliphatic rings. The lowest BCUT2D eigenvalue weighted by molar-refractivity contribution is -0.137. The average Bonchev–Trinajstić information content (AvgIpc) is 2.87. The van der Waals surface area contributed by atoms with Crippen LogP contribution in [0.25, 0.3) is 5.57 Å². The van der Waals surface area contributed by atoms with Gasteiger partial charge >= 0.3 is 5.97 Å². The Morgan fingerprint density at radius 3 is 2.34 bits per heavy atom. The predicted octanol–water partition coefficient (Wildman–Crippen LogP) is 4.59. The van der Waals surface area contributed by atoms with Gasteiger partial charge in [-0.2, -0.15) is 0 Å². The first-order valence-electron chi connectivity index (χ1n) is 11.8. The first-order valence-corrected chi connectivity index (χ1v) is 11.8. The monoisotopic (exact) mass is 481 g/mol. The maximum absolute atomic E-state index is 13.5. The number of unbranched alkanes of at least 4 members (excludes halogenated alkanes) is 2. The summed E-state index contributed by atoms with van der Waals surface area (Å²) >= 11 is 0. The van der Waals surface area contributed by atoms with Gasteiger partial charge in [-0.1, -0.05) is 37.3 Å². The van der Waals surface area contributed by atoms with Crippen molar-refractivity contribution in [2.45, 2.75) is 58.2 Å².